The molecule has 0 fully saturated rings. The van der Waals surface area contributed by atoms with Crippen LogP contribution in [0.3, 0.4) is 0 Å². The number of benzene rings is 1. The summed E-state index contributed by atoms with van der Waals surface area (Å²) in [5.74, 6) is 2.29. The van der Waals surface area contributed by atoms with Crippen molar-refractivity contribution < 1.29 is 9.84 Å². The second kappa shape index (κ2) is 6.33. The van der Waals surface area contributed by atoms with Crippen molar-refractivity contribution in [3.63, 3.8) is 0 Å². The fraction of sp³-hybridized carbons (Fsp3) is 0.400. The molecule has 2 aromatic rings. The SMILES string of the molecule is COc1ccc2c(NCC(C)(O)CSC)nccc2c1. The van der Waals surface area contributed by atoms with Crippen LogP contribution in [0.25, 0.3) is 10.8 Å². The Morgan fingerprint density at radius 2 is 2.20 bits per heavy atom. The molecule has 1 heterocycles. The smallest absolute Gasteiger partial charge is 0.133 e. The van der Waals surface area contributed by atoms with Crippen molar-refractivity contribution in [3.8, 4) is 5.75 Å². The van der Waals surface area contributed by atoms with Crippen LogP contribution in [0.2, 0.25) is 0 Å². The fourth-order valence-electron chi connectivity index (χ4n) is 2.06. The molecule has 1 aromatic carbocycles. The first kappa shape index (κ1) is 14.9. The van der Waals surface area contributed by atoms with Crippen molar-refractivity contribution in [2.24, 2.45) is 0 Å². The van der Waals surface area contributed by atoms with E-state index in [0.717, 1.165) is 22.3 Å². The van der Waals surface area contributed by atoms with Gasteiger partial charge >= 0.3 is 0 Å². The van der Waals surface area contributed by atoms with E-state index in [9.17, 15) is 5.11 Å². The highest BCUT2D eigenvalue weighted by Gasteiger charge is 2.19. The number of nitrogens with zero attached hydrogens (tertiary/aromatic N) is 1. The van der Waals surface area contributed by atoms with Crippen LogP contribution < -0.4 is 10.1 Å². The molecule has 1 atom stereocenters. The normalized spacial score (nSPS) is 14.0. The van der Waals surface area contributed by atoms with Crippen molar-refractivity contribution in [2.75, 3.05) is 31.0 Å². The number of aromatic nitrogens is 1. The van der Waals surface area contributed by atoms with E-state index in [2.05, 4.69) is 10.3 Å². The van der Waals surface area contributed by atoms with E-state index in [1.54, 1.807) is 25.1 Å². The molecule has 0 amide bonds. The number of anilines is 1. The van der Waals surface area contributed by atoms with Crippen LogP contribution in [-0.2, 0) is 0 Å². The minimum atomic E-state index is -0.754. The minimum absolute atomic E-state index is 0.464. The maximum Gasteiger partial charge on any atom is 0.133 e. The zero-order valence-electron chi connectivity index (χ0n) is 12.0. The number of methoxy groups -OCH3 is 1. The van der Waals surface area contributed by atoms with Gasteiger partial charge < -0.3 is 15.2 Å². The first-order chi connectivity index (χ1) is 9.55. The third-order valence-corrected chi connectivity index (χ3v) is 3.97. The predicted molar refractivity (Wildman–Crippen MR) is 85.8 cm³/mol. The van der Waals surface area contributed by atoms with Gasteiger partial charge in [0.15, 0.2) is 0 Å². The lowest BCUT2D eigenvalue weighted by atomic mass is 10.1. The van der Waals surface area contributed by atoms with Crippen molar-refractivity contribution in [2.45, 2.75) is 12.5 Å². The second-order valence-corrected chi connectivity index (χ2v) is 5.90. The summed E-state index contributed by atoms with van der Waals surface area (Å²) >= 11 is 1.63. The fourth-order valence-corrected chi connectivity index (χ4v) is 2.78. The Labute approximate surface area is 123 Å². The van der Waals surface area contributed by atoms with E-state index < -0.39 is 5.60 Å². The quantitative estimate of drug-likeness (QED) is 0.857. The van der Waals surface area contributed by atoms with Gasteiger partial charge in [0.1, 0.15) is 11.6 Å². The molecule has 0 aliphatic rings. The number of fused-ring (bicyclic) bond motifs is 1. The number of pyridine rings is 1. The summed E-state index contributed by atoms with van der Waals surface area (Å²) in [5, 5.41) is 15.5. The molecule has 1 unspecified atom stereocenters. The zero-order chi connectivity index (χ0) is 14.6. The van der Waals surface area contributed by atoms with E-state index in [-0.39, 0.29) is 0 Å². The molecule has 2 N–H and O–H groups in total. The monoisotopic (exact) mass is 292 g/mol. The van der Waals surface area contributed by atoms with Crippen molar-refractivity contribution in [1.82, 2.24) is 4.98 Å². The molecule has 20 heavy (non-hydrogen) atoms. The summed E-state index contributed by atoms with van der Waals surface area (Å²) in [4.78, 5) is 4.36. The van der Waals surface area contributed by atoms with Crippen molar-refractivity contribution >= 4 is 28.4 Å². The lowest BCUT2D eigenvalue weighted by Gasteiger charge is -2.23. The third kappa shape index (κ3) is 3.55. The summed E-state index contributed by atoms with van der Waals surface area (Å²) in [5.41, 5.74) is -0.754. The van der Waals surface area contributed by atoms with Crippen LogP contribution in [-0.4, -0.2) is 41.4 Å². The summed E-state index contributed by atoms with van der Waals surface area (Å²) in [6.07, 6.45) is 3.74. The summed E-state index contributed by atoms with van der Waals surface area (Å²) in [6.45, 7) is 2.29. The molecular weight excluding hydrogens is 272 g/mol. The number of thioether (sulfide) groups is 1. The first-order valence-corrected chi connectivity index (χ1v) is 7.83. The summed E-state index contributed by atoms with van der Waals surface area (Å²) in [6, 6.07) is 7.81. The van der Waals surface area contributed by atoms with Gasteiger partial charge in [0.25, 0.3) is 0 Å². The molecule has 0 aliphatic carbocycles. The Balaban J connectivity index is 2.22. The van der Waals surface area contributed by atoms with Gasteiger partial charge in [-0.2, -0.15) is 11.8 Å². The number of hydrogen-bond donors (Lipinski definition) is 2. The van der Waals surface area contributed by atoms with Crippen LogP contribution >= 0.6 is 11.8 Å². The summed E-state index contributed by atoms with van der Waals surface area (Å²) < 4.78 is 5.22. The highest BCUT2D eigenvalue weighted by Crippen LogP contribution is 2.25. The Kier molecular flexibility index (Phi) is 4.73. The molecule has 1 aromatic heterocycles. The maximum absolute atomic E-state index is 10.2. The van der Waals surface area contributed by atoms with E-state index >= 15 is 0 Å². The van der Waals surface area contributed by atoms with Crippen LogP contribution in [0, 0.1) is 0 Å². The third-order valence-electron chi connectivity index (χ3n) is 3.06. The molecule has 0 bridgehead atoms. The molecule has 4 nitrogen and oxygen atoms in total. The van der Waals surface area contributed by atoms with Gasteiger partial charge in [-0.3, -0.25) is 0 Å². The number of aliphatic hydroxyl groups is 1. The maximum atomic E-state index is 10.2. The molecule has 0 saturated carbocycles. The van der Waals surface area contributed by atoms with Crippen LogP contribution in [0.4, 0.5) is 5.82 Å². The van der Waals surface area contributed by atoms with Gasteiger partial charge in [-0.05, 0) is 42.8 Å². The molecule has 0 spiro atoms. The second-order valence-electron chi connectivity index (χ2n) is 5.03. The van der Waals surface area contributed by atoms with E-state index in [1.165, 1.54) is 0 Å². The average molecular weight is 292 g/mol. The largest absolute Gasteiger partial charge is 0.497 e. The van der Waals surface area contributed by atoms with Crippen molar-refractivity contribution in [1.29, 1.82) is 0 Å². The van der Waals surface area contributed by atoms with Gasteiger partial charge in [0.2, 0.25) is 0 Å². The molecular formula is C15H20N2O2S. The number of nitrogens with one attached hydrogen (secondary N) is 1. The Morgan fingerprint density at radius 3 is 2.90 bits per heavy atom. The van der Waals surface area contributed by atoms with Crippen LogP contribution in [0.5, 0.6) is 5.75 Å². The Hall–Kier alpha value is -1.46. The lowest BCUT2D eigenvalue weighted by Crippen LogP contribution is -2.36. The topological polar surface area (TPSA) is 54.4 Å². The van der Waals surface area contributed by atoms with E-state index in [4.69, 9.17) is 4.74 Å². The standard InChI is InChI=1S/C15H20N2O2S/c1-15(18,10-20-3)9-17-14-13-5-4-12(19-2)8-11(13)6-7-16-14/h4-8,18H,9-10H2,1-3H3,(H,16,17). The Bertz CT molecular complexity index is 587. The summed E-state index contributed by atoms with van der Waals surface area (Å²) in [7, 11) is 1.65. The molecule has 0 aliphatic heterocycles. The molecule has 0 radical (unpaired) electrons. The van der Waals surface area contributed by atoms with Gasteiger partial charge in [-0.1, -0.05) is 0 Å². The van der Waals surface area contributed by atoms with Gasteiger partial charge in [-0.25, -0.2) is 4.98 Å². The molecule has 0 saturated heterocycles. The lowest BCUT2D eigenvalue weighted by molar-refractivity contribution is 0.0996. The van der Waals surface area contributed by atoms with E-state index in [1.807, 2.05) is 37.4 Å². The number of ether oxygens (including phenoxy) is 1. The van der Waals surface area contributed by atoms with Gasteiger partial charge in [0, 0.05) is 23.9 Å². The molecule has 5 heteroatoms. The van der Waals surface area contributed by atoms with E-state index in [0.29, 0.717) is 12.3 Å². The molecule has 2 rings (SSSR count). The van der Waals surface area contributed by atoms with Gasteiger partial charge in [0.05, 0.1) is 12.7 Å². The van der Waals surface area contributed by atoms with Gasteiger partial charge in [-0.15, -0.1) is 0 Å². The number of hydrogen-bond acceptors (Lipinski definition) is 5. The zero-order valence-corrected chi connectivity index (χ0v) is 12.8. The Morgan fingerprint density at radius 1 is 1.40 bits per heavy atom. The van der Waals surface area contributed by atoms with Crippen LogP contribution in [0.15, 0.2) is 30.5 Å². The highest BCUT2D eigenvalue weighted by atomic mass is 32.2. The minimum Gasteiger partial charge on any atom is -0.497 e. The number of rotatable bonds is 6. The molecule has 108 valence electrons. The van der Waals surface area contributed by atoms with Crippen LogP contribution in [0.1, 0.15) is 6.92 Å². The average Bonchev–Trinajstić information content (AvgIpc) is 2.44. The highest BCUT2D eigenvalue weighted by molar-refractivity contribution is 7.98. The first-order valence-electron chi connectivity index (χ1n) is 6.44. The predicted octanol–water partition coefficient (Wildman–Crippen LogP) is 2.77. The van der Waals surface area contributed by atoms with Crippen molar-refractivity contribution in [3.05, 3.63) is 30.5 Å².